The third-order valence-electron chi connectivity index (χ3n) is 2.30. The van der Waals surface area contributed by atoms with Gasteiger partial charge in [-0.05, 0) is 19.2 Å². The first-order chi connectivity index (χ1) is 7.72. The van der Waals surface area contributed by atoms with Gasteiger partial charge in [0, 0.05) is 18.4 Å². The highest BCUT2D eigenvalue weighted by atomic mass is 35.5. The highest BCUT2D eigenvalue weighted by Crippen LogP contribution is 2.26. The van der Waals surface area contributed by atoms with Crippen LogP contribution in [0.25, 0.3) is 10.9 Å². The Kier molecular flexibility index (Phi) is 3.22. The van der Waals surface area contributed by atoms with E-state index in [4.69, 9.17) is 11.6 Å². The second-order valence-corrected chi connectivity index (χ2v) is 3.82. The molecule has 1 aromatic carbocycles. The minimum atomic E-state index is 0.132. The summed E-state index contributed by atoms with van der Waals surface area (Å²) in [6.45, 7) is 0.773. The molecule has 0 aliphatic carbocycles. The van der Waals surface area contributed by atoms with Crippen molar-refractivity contribution in [2.75, 3.05) is 13.6 Å². The van der Waals surface area contributed by atoms with E-state index >= 15 is 0 Å². The van der Waals surface area contributed by atoms with Crippen LogP contribution in [-0.4, -0.2) is 28.7 Å². The summed E-state index contributed by atoms with van der Waals surface area (Å²) in [5.41, 5.74) is 0.508. The van der Waals surface area contributed by atoms with E-state index in [9.17, 15) is 5.11 Å². The summed E-state index contributed by atoms with van der Waals surface area (Å²) in [6.07, 6.45) is 0.681. The molecule has 0 spiro atoms. The molecule has 0 saturated carbocycles. The number of benzene rings is 1. The summed E-state index contributed by atoms with van der Waals surface area (Å²) in [6, 6.07) is 5.10. The minimum absolute atomic E-state index is 0.132. The van der Waals surface area contributed by atoms with E-state index in [1.165, 1.54) is 0 Å². The molecule has 0 fully saturated rings. The van der Waals surface area contributed by atoms with Crippen LogP contribution in [0, 0.1) is 0 Å². The van der Waals surface area contributed by atoms with Crippen LogP contribution < -0.4 is 5.32 Å². The number of rotatable bonds is 3. The Morgan fingerprint density at radius 1 is 1.38 bits per heavy atom. The van der Waals surface area contributed by atoms with Gasteiger partial charge in [0.15, 0.2) is 0 Å². The van der Waals surface area contributed by atoms with Crippen LogP contribution in [0.1, 0.15) is 5.82 Å². The molecule has 16 heavy (non-hydrogen) atoms. The summed E-state index contributed by atoms with van der Waals surface area (Å²) >= 11 is 6.03. The SMILES string of the molecule is CNCCc1nc(Cl)c2cccc(O)c2n1. The van der Waals surface area contributed by atoms with E-state index < -0.39 is 0 Å². The molecule has 0 bridgehead atoms. The lowest BCUT2D eigenvalue weighted by atomic mass is 10.2. The van der Waals surface area contributed by atoms with Gasteiger partial charge in [0.05, 0.1) is 0 Å². The van der Waals surface area contributed by atoms with Gasteiger partial charge in [0.25, 0.3) is 0 Å². The lowest BCUT2D eigenvalue weighted by Gasteiger charge is -2.05. The van der Waals surface area contributed by atoms with Crippen molar-refractivity contribution < 1.29 is 5.11 Å². The highest BCUT2D eigenvalue weighted by Gasteiger charge is 2.08. The predicted molar refractivity (Wildman–Crippen MR) is 63.8 cm³/mol. The van der Waals surface area contributed by atoms with Crippen LogP contribution in [0.5, 0.6) is 5.75 Å². The summed E-state index contributed by atoms with van der Waals surface area (Å²) in [5, 5.41) is 13.8. The van der Waals surface area contributed by atoms with Crippen LogP contribution in [-0.2, 0) is 6.42 Å². The second kappa shape index (κ2) is 4.63. The number of fused-ring (bicyclic) bond motifs is 1. The van der Waals surface area contributed by atoms with E-state index in [-0.39, 0.29) is 5.75 Å². The fourth-order valence-corrected chi connectivity index (χ4v) is 1.74. The van der Waals surface area contributed by atoms with Crippen molar-refractivity contribution in [2.45, 2.75) is 6.42 Å². The summed E-state index contributed by atoms with van der Waals surface area (Å²) in [5.74, 6) is 0.765. The zero-order chi connectivity index (χ0) is 11.5. The van der Waals surface area contributed by atoms with Crippen molar-refractivity contribution in [3.05, 3.63) is 29.2 Å². The van der Waals surface area contributed by atoms with Crippen molar-refractivity contribution in [3.8, 4) is 5.75 Å². The smallest absolute Gasteiger partial charge is 0.141 e. The molecule has 0 aliphatic heterocycles. The molecule has 2 rings (SSSR count). The molecule has 2 aromatic rings. The lowest BCUT2D eigenvalue weighted by Crippen LogP contribution is -2.12. The van der Waals surface area contributed by atoms with Gasteiger partial charge < -0.3 is 10.4 Å². The second-order valence-electron chi connectivity index (χ2n) is 3.46. The van der Waals surface area contributed by atoms with Crippen molar-refractivity contribution in [1.82, 2.24) is 15.3 Å². The van der Waals surface area contributed by atoms with Gasteiger partial charge in [-0.3, -0.25) is 0 Å². The van der Waals surface area contributed by atoms with E-state index in [1.807, 2.05) is 7.05 Å². The molecule has 0 aliphatic rings. The van der Waals surface area contributed by atoms with Gasteiger partial charge >= 0.3 is 0 Å². The first-order valence-corrected chi connectivity index (χ1v) is 5.39. The third-order valence-corrected chi connectivity index (χ3v) is 2.59. The van der Waals surface area contributed by atoms with Crippen LogP contribution in [0.4, 0.5) is 0 Å². The third kappa shape index (κ3) is 2.08. The number of nitrogens with zero attached hydrogens (tertiary/aromatic N) is 2. The van der Waals surface area contributed by atoms with E-state index in [0.29, 0.717) is 28.3 Å². The fourth-order valence-electron chi connectivity index (χ4n) is 1.49. The Morgan fingerprint density at radius 2 is 2.19 bits per heavy atom. The highest BCUT2D eigenvalue weighted by molar-refractivity contribution is 6.34. The standard InChI is InChI=1S/C11H12ClN3O/c1-13-6-5-9-14-10-7(11(12)15-9)3-2-4-8(10)16/h2-4,13,16H,5-6H2,1H3. The van der Waals surface area contributed by atoms with Crippen LogP contribution in [0.2, 0.25) is 5.15 Å². The number of aromatic hydroxyl groups is 1. The number of halogens is 1. The Balaban J connectivity index is 2.52. The van der Waals surface area contributed by atoms with Gasteiger partial charge in [-0.25, -0.2) is 9.97 Å². The largest absolute Gasteiger partial charge is 0.506 e. The molecule has 0 amide bonds. The maximum absolute atomic E-state index is 9.68. The zero-order valence-electron chi connectivity index (χ0n) is 8.87. The average Bonchev–Trinajstić information content (AvgIpc) is 2.28. The first kappa shape index (κ1) is 11.1. The van der Waals surface area contributed by atoms with Crippen molar-refractivity contribution in [3.63, 3.8) is 0 Å². The zero-order valence-corrected chi connectivity index (χ0v) is 9.62. The molecule has 0 radical (unpaired) electrons. The number of phenols is 1. The lowest BCUT2D eigenvalue weighted by molar-refractivity contribution is 0.480. The molecular formula is C11H12ClN3O. The van der Waals surface area contributed by atoms with E-state index in [2.05, 4.69) is 15.3 Å². The van der Waals surface area contributed by atoms with Gasteiger partial charge in [-0.1, -0.05) is 17.7 Å². The molecule has 0 atom stereocenters. The Morgan fingerprint density at radius 3 is 2.94 bits per heavy atom. The van der Waals surface area contributed by atoms with Crippen molar-refractivity contribution in [1.29, 1.82) is 0 Å². The number of hydrogen-bond donors (Lipinski definition) is 2. The number of hydrogen-bond acceptors (Lipinski definition) is 4. The van der Waals surface area contributed by atoms with Crippen LogP contribution in [0.15, 0.2) is 18.2 Å². The molecule has 1 aromatic heterocycles. The van der Waals surface area contributed by atoms with Gasteiger partial charge in [0.2, 0.25) is 0 Å². The van der Waals surface area contributed by atoms with E-state index in [0.717, 1.165) is 6.54 Å². The Labute approximate surface area is 98.3 Å². The molecule has 2 N–H and O–H groups in total. The number of para-hydroxylation sites is 1. The maximum Gasteiger partial charge on any atom is 0.141 e. The maximum atomic E-state index is 9.68. The van der Waals surface area contributed by atoms with Gasteiger partial charge in [0.1, 0.15) is 22.2 Å². The molecule has 5 heteroatoms. The molecule has 0 unspecified atom stereocenters. The Hall–Kier alpha value is -1.39. The average molecular weight is 238 g/mol. The summed E-state index contributed by atoms with van der Waals surface area (Å²) < 4.78 is 0. The summed E-state index contributed by atoms with van der Waals surface area (Å²) in [7, 11) is 1.86. The number of likely N-dealkylation sites (N-methyl/N-ethyl adjacent to an activating group) is 1. The summed E-state index contributed by atoms with van der Waals surface area (Å²) in [4.78, 5) is 8.47. The monoisotopic (exact) mass is 237 g/mol. The molecule has 84 valence electrons. The van der Waals surface area contributed by atoms with Crippen molar-refractivity contribution >= 4 is 22.5 Å². The molecule has 0 saturated heterocycles. The Bertz CT molecular complexity index is 516. The van der Waals surface area contributed by atoms with Gasteiger partial charge in [-0.2, -0.15) is 0 Å². The number of phenolic OH excluding ortho intramolecular Hbond substituents is 1. The minimum Gasteiger partial charge on any atom is -0.506 e. The quantitative estimate of drug-likeness (QED) is 0.799. The molecule has 4 nitrogen and oxygen atoms in total. The molecule has 1 heterocycles. The first-order valence-electron chi connectivity index (χ1n) is 5.01. The number of nitrogens with one attached hydrogen (secondary N) is 1. The normalized spacial score (nSPS) is 10.9. The van der Waals surface area contributed by atoms with E-state index in [1.54, 1.807) is 18.2 Å². The molecular weight excluding hydrogens is 226 g/mol. The van der Waals surface area contributed by atoms with Crippen LogP contribution >= 0.6 is 11.6 Å². The predicted octanol–water partition coefficient (Wildman–Crippen LogP) is 1.75. The number of aromatic nitrogens is 2. The van der Waals surface area contributed by atoms with Crippen molar-refractivity contribution in [2.24, 2.45) is 0 Å². The van der Waals surface area contributed by atoms with Gasteiger partial charge in [-0.15, -0.1) is 0 Å². The topological polar surface area (TPSA) is 58.0 Å². The van der Waals surface area contributed by atoms with Crippen LogP contribution in [0.3, 0.4) is 0 Å². The fraction of sp³-hybridized carbons (Fsp3) is 0.273.